The van der Waals surface area contributed by atoms with Crippen LogP contribution in [0.1, 0.15) is 26.2 Å². The molecule has 3 fully saturated rings. The molecule has 3 N–H and O–H groups in total. The highest BCUT2D eigenvalue weighted by atomic mass is 32.2. The Morgan fingerprint density at radius 3 is 2.96 bits per heavy atom. The van der Waals surface area contributed by atoms with Crippen molar-refractivity contribution in [3.8, 4) is 0 Å². The maximum Gasteiger partial charge on any atom is 0.323 e. The van der Waals surface area contributed by atoms with Crippen molar-refractivity contribution in [3.63, 3.8) is 0 Å². The van der Waals surface area contributed by atoms with Gasteiger partial charge in [-0.05, 0) is 32.1 Å². The molecule has 0 aromatic rings. The van der Waals surface area contributed by atoms with Gasteiger partial charge in [0.1, 0.15) is 29.3 Å². The number of carbonyl (C=O) groups excluding carboxylic acids is 2. The van der Waals surface area contributed by atoms with Crippen LogP contribution in [0, 0.1) is 11.8 Å². The highest BCUT2D eigenvalue weighted by molar-refractivity contribution is 8.00. The average molecular weight is 347 g/mol. The van der Waals surface area contributed by atoms with Crippen LogP contribution in [-0.2, 0) is 19.1 Å². The molecule has 1 aliphatic heterocycles. The number of alkyl halides is 1. The van der Waals surface area contributed by atoms with Crippen LogP contribution in [0.25, 0.3) is 0 Å². The van der Waals surface area contributed by atoms with Crippen LogP contribution in [-0.4, -0.2) is 58.6 Å². The van der Waals surface area contributed by atoms with Crippen LogP contribution in [0.4, 0.5) is 4.39 Å². The van der Waals surface area contributed by atoms with Crippen LogP contribution in [0.15, 0.2) is 0 Å². The molecule has 2 saturated carbocycles. The first-order valence-corrected chi connectivity index (χ1v) is 8.83. The number of ether oxygens (including phenoxy) is 2. The summed E-state index contributed by atoms with van der Waals surface area (Å²) in [6, 6.07) is -0.898. The molecule has 0 spiro atoms. The number of hydrogen-bond acceptors (Lipinski definition) is 7. The van der Waals surface area contributed by atoms with E-state index < -0.39 is 46.5 Å². The molecular weight excluding hydrogens is 325 g/mol. The predicted molar refractivity (Wildman–Crippen MR) is 81.4 cm³/mol. The van der Waals surface area contributed by atoms with Crippen LogP contribution < -0.4 is 5.73 Å². The lowest BCUT2D eigenvalue weighted by Gasteiger charge is -2.47. The van der Waals surface area contributed by atoms with E-state index in [0.29, 0.717) is 12.8 Å². The van der Waals surface area contributed by atoms with Gasteiger partial charge in [-0.2, -0.15) is 11.8 Å². The van der Waals surface area contributed by atoms with Gasteiger partial charge in [-0.3, -0.25) is 9.59 Å². The maximum absolute atomic E-state index is 15.2. The fourth-order valence-corrected chi connectivity index (χ4v) is 5.88. The van der Waals surface area contributed by atoms with Crippen LogP contribution >= 0.6 is 11.8 Å². The van der Waals surface area contributed by atoms with Crippen LogP contribution in [0.3, 0.4) is 0 Å². The number of esters is 2. The van der Waals surface area contributed by atoms with Gasteiger partial charge < -0.3 is 20.3 Å². The zero-order valence-corrected chi connectivity index (χ0v) is 14.0. The minimum atomic E-state index is -1.64. The zero-order valence-electron chi connectivity index (χ0n) is 13.2. The molecule has 0 bridgehead atoms. The molecule has 23 heavy (non-hydrogen) atoms. The molecule has 8 heteroatoms. The summed E-state index contributed by atoms with van der Waals surface area (Å²) in [7, 11) is 1.23. The summed E-state index contributed by atoms with van der Waals surface area (Å²) in [5.41, 5.74) is 2.77. The highest BCUT2D eigenvalue weighted by Crippen LogP contribution is 2.60. The Bertz CT molecular complexity index is 530. The SMILES string of the molecule is COC(=O)[C@@H](N)CS[C@H]1C2C(=O)O[C@@H]3CC[C@H](C[C@@]1(C)F)[C@]23O. The van der Waals surface area contributed by atoms with Crippen molar-refractivity contribution in [2.75, 3.05) is 12.9 Å². The van der Waals surface area contributed by atoms with Gasteiger partial charge in [-0.1, -0.05) is 0 Å². The van der Waals surface area contributed by atoms with E-state index in [1.165, 1.54) is 14.0 Å². The van der Waals surface area contributed by atoms with E-state index in [-0.39, 0.29) is 18.1 Å². The van der Waals surface area contributed by atoms with E-state index in [9.17, 15) is 14.7 Å². The second-order valence-electron chi connectivity index (χ2n) is 6.93. The molecule has 6 nitrogen and oxygen atoms in total. The molecule has 0 aromatic carbocycles. The number of rotatable bonds is 4. The third-order valence-corrected chi connectivity index (χ3v) is 7.13. The van der Waals surface area contributed by atoms with Crippen molar-refractivity contribution >= 4 is 23.7 Å². The highest BCUT2D eigenvalue weighted by Gasteiger charge is 2.71. The minimum absolute atomic E-state index is 0.117. The summed E-state index contributed by atoms with van der Waals surface area (Å²) in [5, 5.41) is 10.3. The van der Waals surface area contributed by atoms with Gasteiger partial charge in [0.15, 0.2) is 0 Å². The molecule has 3 aliphatic rings. The van der Waals surface area contributed by atoms with Gasteiger partial charge in [0.25, 0.3) is 0 Å². The molecule has 1 heterocycles. The molecule has 130 valence electrons. The first-order chi connectivity index (χ1) is 10.7. The molecular formula is C15H22FNO5S. The number of methoxy groups -OCH3 is 1. The van der Waals surface area contributed by atoms with Crippen molar-refractivity contribution in [3.05, 3.63) is 0 Å². The summed E-state index contributed by atoms with van der Waals surface area (Å²) in [5.74, 6) is -2.21. The quantitative estimate of drug-likeness (QED) is 0.710. The number of carbonyl (C=O) groups is 2. The lowest BCUT2D eigenvalue weighted by molar-refractivity contribution is -0.146. The van der Waals surface area contributed by atoms with Crippen molar-refractivity contribution in [1.29, 1.82) is 0 Å². The third-order valence-electron chi connectivity index (χ3n) is 5.46. The zero-order chi connectivity index (χ0) is 17.0. The van der Waals surface area contributed by atoms with Crippen molar-refractivity contribution in [2.24, 2.45) is 17.6 Å². The van der Waals surface area contributed by atoms with E-state index in [4.69, 9.17) is 10.5 Å². The minimum Gasteiger partial charge on any atom is -0.468 e. The molecule has 0 aromatic heterocycles. The van der Waals surface area contributed by atoms with E-state index >= 15 is 4.39 Å². The summed E-state index contributed by atoms with van der Waals surface area (Å²) >= 11 is 1.11. The second kappa shape index (κ2) is 5.60. The van der Waals surface area contributed by atoms with Crippen LogP contribution in [0.5, 0.6) is 0 Å². The Balaban J connectivity index is 1.83. The topological polar surface area (TPSA) is 98.9 Å². The fourth-order valence-electron chi connectivity index (χ4n) is 4.36. The first kappa shape index (κ1) is 17.0. The van der Waals surface area contributed by atoms with E-state index in [0.717, 1.165) is 11.8 Å². The molecule has 2 aliphatic carbocycles. The van der Waals surface area contributed by atoms with E-state index in [1.54, 1.807) is 0 Å². The molecule has 0 radical (unpaired) electrons. The third kappa shape index (κ3) is 2.46. The molecule has 1 saturated heterocycles. The number of thioether (sulfide) groups is 1. The van der Waals surface area contributed by atoms with Gasteiger partial charge in [0.05, 0.1) is 12.4 Å². The lowest BCUT2D eigenvalue weighted by Crippen LogP contribution is -2.60. The predicted octanol–water partition coefficient (Wildman–Crippen LogP) is 0.403. The number of nitrogens with two attached hydrogens (primary N) is 1. The summed E-state index contributed by atoms with van der Waals surface area (Å²) in [6.07, 6.45) is 0.860. The van der Waals surface area contributed by atoms with Crippen molar-refractivity contribution in [1.82, 2.24) is 0 Å². The fraction of sp³-hybridized carbons (Fsp3) is 0.867. The van der Waals surface area contributed by atoms with Gasteiger partial charge in [0.2, 0.25) is 0 Å². The van der Waals surface area contributed by atoms with Crippen molar-refractivity contribution < 1.29 is 28.6 Å². The summed E-state index contributed by atoms with van der Waals surface area (Å²) < 4.78 is 25.1. The molecule has 1 unspecified atom stereocenters. The largest absolute Gasteiger partial charge is 0.468 e. The molecule has 0 amide bonds. The lowest BCUT2D eigenvalue weighted by atomic mass is 9.65. The Kier molecular flexibility index (Phi) is 4.13. The summed E-state index contributed by atoms with van der Waals surface area (Å²) in [6.45, 7) is 1.45. The smallest absolute Gasteiger partial charge is 0.323 e. The van der Waals surface area contributed by atoms with Gasteiger partial charge in [0, 0.05) is 5.75 Å². The first-order valence-electron chi connectivity index (χ1n) is 7.78. The van der Waals surface area contributed by atoms with E-state index in [2.05, 4.69) is 4.74 Å². The van der Waals surface area contributed by atoms with Crippen LogP contribution in [0.2, 0.25) is 0 Å². The van der Waals surface area contributed by atoms with E-state index in [1.807, 2.05) is 0 Å². The second-order valence-corrected chi connectivity index (χ2v) is 8.11. The molecule has 3 rings (SSSR count). The average Bonchev–Trinajstić information content (AvgIpc) is 2.92. The Morgan fingerprint density at radius 2 is 2.30 bits per heavy atom. The van der Waals surface area contributed by atoms with Gasteiger partial charge >= 0.3 is 11.9 Å². The monoisotopic (exact) mass is 347 g/mol. The maximum atomic E-state index is 15.2. The Hall–Kier alpha value is -0.860. The summed E-state index contributed by atoms with van der Waals surface area (Å²) in [4.78, 5) is 23.7. The Labute approximate surface area is 138 Å². The standard InChI is InChI=1S/C15H22FNO5S/c1-14(16)5-7-3-4-9-15(7,20)10(13(19)22-9)11(14)23-6-8(17)12(18)21-2/h7-11,20H,3-6,17H2,1-2H3/t7-,8+,9-,10?,11+,14-,15-/m1/s1. The van der Waals surface area contributed by atoms with Crippen molar-refractivity contribution in [2.45, 2.75) is 54.9 Å². The number of hydrogen-bond donors (Lipinski definition) is 2. The van der Waals surface area contributed by atoms with Gasteiger partial charge in [-0.15, -0.1) is 0 Å². The van der Waals surface area contributed by atoms with Gasteiger partial charge in [-0.25, -0.2) is 4.39 Å². The molecule has 7 atom stereocenters. The number of aliphatic hydroxyl groups is 1. The normalized spacial score (nSPS) is 46.2. The Morgan fingerprint density at radius 1 is 1.61 bits per heavy atom. The number of halogens is 1.